The minimum Gasteiger partial charge on any atom is -0.497 e. The maximum absolute atomic E-state index is 12.4. The van der Waals surface area contributed by atoms with Crippen LogP contribution in [0.15, 0.2) is 28.8 Å². The Morgan fingerprint density at radius 1 is 1.15 bits per heavy atom. The highest BCUT2D eigenvalue weighted by Crippen LogP contribution is 2.28. The molecule has 0 spiro atoms. The van der Waals surface area contributed by atoms with Crippen molar-refractivity contribution in [1.82, 2.24) is 5.16 Å². The SMILES string of the molecule is COc1ccc(NC(=O)C[NH+]2CC[NH+](Cc3cc(C)on3)CC2)c(OC)c1. The molecule has 3 rings (SSSR count). The molecule has 2 aromatic rings. The van der Waals surface area contributed by atoms with Crippen molar-refractivity contribution in [3.8, 4) is 11.5 Å². The van der Waals surface area contributed by atoms with Crippen molar-refractivity contribution < 1.29 is 28.6 Å². The summed E-state index contributed by atoms with van der Waals surface area (Å²) < 4.78 is 15.6. The first-order chi connectivity index (χ1) is 13.1. The van der Waals surface area contributed by atoms with E-state index < -0.39 is 0 Å². The molecule has 3 N–H and O–H groups in total. The topological polar surface area (TPSA) is 82.5 Å². The Bertz CT molecular complexity index is 769. The number of aromatic nitrogens is 1. The van der Waals surface area contributed by atoms with Gasteiger partial charge in [0.1, 0.15) is 55.7 Å². The number of benzene rings is 1. The molecule has 1 saturated heterocycles. The van der Waals surface area contributed by atoms with Gasteiger partial charge in [-0.1, -0.05) is 5.16 Å². The lowest BCUT2D eigenvalue weighted by molar-refractivity contribution is -1.02. The number of hydrogen-bond donors (Lipinski definition) is 3. The third kappa shape index (κ3) is 5.21. The number of carbonyl (C=O) groups excluding carboxylic acids is 1. The molecule has 0 radical (unpaired) electrons. The predicted octanol–water partition coefficient (Wildman–Crippen LogP) is -1.08. The lowest BCUT2D eigenvalue weighted by Gasteiger charge is -2.28. The number of nitrogens with zero attached hydrogens (tertiary/aromatic N) is 1. The molecule has 0 unspecified atom stereocenters. The number of methoxy groups -OCH3 is 2. The Morgan fingerprint density at radius 3 is 2.52 bits per heavy atom. The third-order valence-electron chi connectivity index (χ3n) is 4.87. The van der Waals surface area contributed by atoms with Crippen LogP contribution in [0, 0.1) is 6.92 Å². The number of amides is 1. The van der Waals surface area contributed by atoms with E-state index in [2.05, 4.69) is 10.5 Å². The molecule has 0 saturated carbocycles. The summed E-state index contributed by atoms with van der Waals surface area (Å²) in [6.45, 7) is 7.18. The standard InChI is InChI=1S/C19H26N4O4/c1-14-10-15(21-27-14)12-22-6-8-23(9-7-22)13-19(24)20-17-5-4-16(25-2)11-18(17)26-3/h4-5,10-11H,6-9,12-13H2,1-3H3,(H,20,24)/p+2. The van der Waals surface area contributed by atoms with E-state index in [1.54, 1.807) is 32.4 Å². The molecule has 8 nitrogen and oxygen atoms in total. The highest BCUT2D eigenvalue weighted by molar-refractivity contribution is 5.93. The molecule has 0 bridgehead atoms. The molecule has 1 amide bonds. The quantitative estimate of drug-likeness (QED) is 0.573. The molecular weight excluding hydrogens is 348 g/mol. The summed E-state index contributed by atoms with van der Waals surface area (Å²) in [5, 5.41) is 7.01. The molecular formula is C19H28N4O4+2. The molecule has 0 aliphatic carbocycles. The van der Waals surface area contributed by atoms with Gasteiger partial charge < -0.3 is 29.1 Å². The Kier molecular flexibility index (Phi) is 6.31. The minimum atomic E-state index is -0.0101. The number of carbonyl (C=O) groups is 1. The highest BCUT2D eigenvalue weighted by atomic mass is 16.5. The fourth-order valence-electron chi connectivity index (χ4n) is 3.39. The van der Waals surface area contributed by atoms with Crippen LogP contribution in [0.3, 0.4) is 0 Å². The smallest absolute Gasteiger partial charge is 0.279 e. The summed E-state index contributed by atoms with van der Waals surface area (Å²) in [6, 6.07) is 7.35. The summed E-state index contributed by atoms with van der Waals surface area (Å²) >= 11 is 0. The fourth-order valence-corrected chi connectivity index (χ4v) is 3.39. The van der Waals surface area contributed by atoms with Gasteiger partial charge >= 0.3 is 0 Å². The number of aryl methyl sites for hydroxylation is 1. The molecule has 1 aliphatic heterocycles. The van der Waals surface area contributed by atoms with E-state index in [-0.39, 0.29) is 5.91 Å². The third-order valence-corrected chi connectivity index (χ3v) is 4.87. The normalized spacial score (nSPS) is 19.5. The van der Waals surface area contributed by atoms with Crippen molar-refractivity contribution in [2.24, 2.45) is 0 Å². The molecule has 0 atom stereocenters. The second-order valence-electron chi connectivity index (χ2n) is 6.90. The summed E-state index contributed by atoms with van der Waals surface area (Å²) in [7, 11) is 3.18. The van der Waals surface area contributed by atoms with E-state index in [9.17, 15) is 4.79 Å². The van der Waals surface area contributed by atoms with E-state index >= 15 is 0 Å². The van der Waals surface area contributed by atoms with Crippen LogP contribution in [0.25, 0.3) is 0 Å². The number of ether oxygens (including phenoxy) is 2. The number of piperazine rings is 1. The lowest BCUT2D eigenvalue weighted by Crippen LogP contribution is -3.28. The average molecular weight is 376 g/mol. The van der Waals surface area contributed by atoms with E-state index in [0.29, 0.717) is 23.7 Å². The van der Waals surface area contributed by atoms with E-state index in [0.717, 1.165) is 44.2 Å². The molecule has 27 heavy (non-hydrogen) atoms. The molecule has 1 aliphatic rings. The minimum absolute atomic E-state index is 0.0101. The molecule has 1 aromatic carbocycles. The summed E-state index contributed by atoms with van der Waals surface area (Å²) in [5.74, 6) is 2.12. The number of rotatable bonds is 7. The van der Waals surface area contributed by atoms with Crippen molar-refractivity contribution >= 4 is 11.6 Å². The second-order valence-corrected chi connectivity index (χ2v) is 6.90. The Morgan fingerprint density at radius 2 is 1.89 bits per heavy atom. The Hall–Kier alpha value is -2.58. The average Bonchev–Trinajstić information content (AvgIpc) is 3.08. The van der Waals surface area contributed by atoms with Crippen LogP contribution in [0.5, 0.6) is 11.5 Å². The molecule has 1 aromatic heterocycles. The van der Waals surface area contributed by atoms with Gasteiger partial charge in [-0.25, -0.2) is 0 Å². The van der Waals surface area contributed by atoms with Gasteiger partial charge in [0.2, 0.25) is 0 Å². The highest BCUT2D eigenvalue weighted by Gasteiger charge is 2.26. The number of anilines is 1. The van der Waals surface area contributed by atoms with Crippen LogP contribution in [0.4, 0.5) is 5.69 Å². The van der Waals surface area contributed by atoms with Crippen molar-refractivity contribution in [2.75, 3.05) is 52.3 Å². The van der Waals surface area contributed by atoms with Crippen LogP contribution in [0.2, 0.25) is 0 Å². The molecule has 146 valence electrons. The first-order valence-corrected chi connectivity index (χ1v) is 9.18. The van der Waals surface area contributed by atoms with Gasteiger partial charge in [-0.3, -0.25) is 4.79 Å². The van der Waals surface area contributed by atoms with Crippen molar-refractivity contribution in [3.63, 3.8) is 0 Å². The maximum atomic E-state index is 12.4. The zero-order chi connectivity index (χ0) is 19.2. The van der Waals surface area contributed by atoms with Crippen LogP contribution in [0.1, 0.15) is 11.5 Å². The first kappa shape index (κ1) is 19.2. The molecule has 8 heteroatoms. The van der Waals surface area contributed by atoms with Gasteiger partial charge in [-0.05, 0) is 19.1 Å². The Labute approximate surface area is 159 Å². The first-order valence-electron chi connectivity index (χ1n) is 9.18. The van der Waals surface area contributed by atoms with Crippen LogP contribution < -0.4 is 24.6 Å². The van der Waals surface area contributed by atoms with E-state index in [1.165, 1.54) is 9.80 Å². The number of nitrogens with one attached hydrogen (secondary N) is 3. The molecule has 1 fully saturated rings. The zero-order valence-corrected chi connectivity index (χ0v) is 16.1. The van der Waals surface area contributed by atoms with Crippen LogP contribution >= 0.6 is 0 Å². The summed E-state index contributed by atoms with van der Waals surface area (Å²) in [5.41, 5.74) is 1.66. The van der Waals surface area contributed by atoms with Crippen LogP contribution in [-0.4, -0.2) is 58.0 Å². The van der Waals surface area contributed by atoms with Gasteiger partial charge in [0.15, 0.2) is 6.54 Å². The van der Waals surface area contributed by atoms with Crippen molar-refractivity contribution in [1.29, 1.82) is 0 Å². The van der Waals surface area contributed by atoms with E-state index in [1.807, 2.05) is 13.0 Å². The summed E-state index contributed by atoms with van der Waals surface area (Å²) in [6.07, 6.45) is 0. The van der Waals surface area contributed by atoms with Crippen molar-refractivity contribution in [3.05, 3.63) is 35.7 Å². The van der Waals surface area contributed by atoms with Crippen LogP contribution in [-0.2, 0) is 11.3 Å². The van der Waals surface area contributed by atoms with Gasteiger partial charge in [0, 0.05) is 12.1 Å². The monoisotopic (exact) mass is 376 g/mol. The number of quaternary nitrogens is 2. The second kappa shape index (κ2) is 8.88. The zero-order valence-electron chi connectivity index (χ0n) is 16.1. The Balaban J connectivity index is 1.47. The molecule has 2 heterocycles. The largest absolute Gasteiger partial charge is 0.497 e. The van der Waals surface area contributed by atoms with Gasteiger partial charge in [0.05, 0.1) is 19.9 Å². The fraction of sp³-hybridized carbons (Fsp3) is 0.474. The maximum Gasteiger partial charge on any atom is 0.279 e. The lowest BCUT2D eigenvalue weighted by atomic mass is 10.2. The predicted molar refractivity (Wildman–Crippen MR) is 99.4 cm³/mol. The van der Waals surface area contributed by atoms with Gasteiger partial charge in [0.25, 0.3) is 5.91 Å². The summed E-state index contributed by atoms with van der Waals surface area (Å²) in [4.78, 5) is 15.2. The van der Waals surface area contributed by atoms with Gasteiger partial charge in [-0.15, -0.1) is 0 Å². The van der Waals surface area contributed by atoms with E-state index in [4.69, 9.17) is 14.0 Å². The number of hydrogen-bond acceptors (Lipinski definition) is 5. The van der Waals surface area contributed by atoms with Gasteiger partial charge in [-0.2, -0.15) is 0 Å². The van der Waals surface area contributed by atoms with Crippen molar-refractivity contribution in [2.45, 2.75) is 13.5 Å².